The van der Waals surface area contributed by atoms with Gasteiger partial charge in [-0.1, -0.05) is 44.2 Å². The van der Waals surface area contributed by atoms with Crippen LogP contribution in [0.15, 0.2) is 49.1 Å². The minimum absolute atomic E-state index is 0.175. The summed E-state index contributed by atoms with van der Waals surface area (Å²) in [4.78, 5) is 16.4. The van der Waals surface area contributed by atoms with E-state index in [-0.39, 0.29) is 18.2 Å². The molecule has 0 fully saturated rings. The van der Waals surface area contributed by atoms with Gasteiger partial charge in [0.2, 0.25) is 0 Å². The van der Waals surface area contributed by atoms with Gasteiger partial charge in [0.15, 0.2) is 11.4 Å². The van der Waals surface area contributed by atoms with Gasteiger partial charge < -0.3 is 9.67 Å². The number of imidazole rings is 1. The number of hydrogen-bond donors (Lipinski definition) is 1. The van der Waals surface area contributed by atoms with Crippen LogP contribution in [0.3, 0.4) is 0 Å². The van der Waals surface area contributed by atoms with Crippen LogP contribution in [-0.2, 0) is 16.9 Å². The predicted molar refractivity (Wildman–Crippen MR) is 72.4 cm³/mol. The fraction of sp³-hybridized carbons (Fsp3) is 0.333. The lowest BCUT2D eigenvalue weighted by molar-refractivity contribution is -0.143. The molecule has 0 saturated carbocycles. The van der Waals surface area contributed by atoms with Crippen molar-refractivity contribution in [2.45, 2.75) is 26.0 Å². The van der Waals surface area contributed by atoms with Crippen molar-refractivity contribution in [2.24, 2.45) is 5.92 Å². The number of nitrogens with zero attached hydrogens (tertiary/aromatic N) is 2. The quantitative estimate of drug-likeness (QED) is 0.892. The van der Waals surface area contributed by atoms with Crippen molar-refractivity contribution in [3.05, 3.63) is 54.6 Å². The highest BCUT2D eigenvalue weighted by atomic mass is 16.3. The first-order valence-electron chi connectivity index (χ1n) is 6.32. The molecule has 1 heterocycles. The molecule has 0 saturated heterocycles. The molecule has 4 heteroatoms. The fourth-order valence-corrected chi connectivity index (χ4v) is 2.15. The number of carbonyl (C=O) groups is 1. The summed E-state index contributed by atoms with van der Waals surface area (Å²) >= 11 is 0. The lowest BCUT2D eigenvalue weighted by atomic mass is 9.84. The van der Waals surface area contributed by atoms with Crippen LogP contribution in [0, 0.1) is 5.92 Å². The molecule has 2 aromatic rings. The Labute approximate surface area is 112 Å². The molecular formula is C15H18N2O2. The van der Waals surface area contributed by atoms with Crippen molar-refractivity contribution >= 4 is 5.78 Å². The second kappa shape index (κ2) is 5.36. The van der Waals surface area contributed by atoms with Crippen LogP contribution in [0.4, 0.5) is 0 Å². The summed E-state index contributed by atoms with van der Waals surface area (Å²) in [6.07, 6.45) is 4.97. The molecule has 0 amide bonds. The molecular weight excluding hydrogens is 240 g/mol. The first kappa shape index (κ1) is 13.5. The van der Waals surface area contributed by atoms with Crippen LogP contribution in [0.1, 0.15) is 19.4 Å². The molecule has 0 aliphatic rings. The third-order valence-electron chi connectivity index (χ3n) is 3.15. The Balaban J connectivity index is 2.41. The Bertz CT molecular complexity index is 535. The summed E-state index contributed by atoms with van der Waals surface area (Å²) in [6, 6.07) is 9.05. The summed E-state index contributed by atoms with van der Waals surface area (Å²) in [7, 11) is 0. The van der Waals surface area contributed by atoms with Crippen LogP contribution >= 0.6 is 0 Å². The van der Waals surface area contributed by atoms with Crippen molar-refractivity contribution in [1.82, 2.24) is 9.55 Å². The SMILES string of the molecule is CC(C)C(=O)C(O)(Cn1ccnc1)c1ccccc1. The minimum Gasteiger partial charge on any atom is -0.375 e. The maximum Gasteiger partial charge on any atom is 0.173 e. The molecule has 2 rings (SSSR count). The summed E-state index contributed by atoms with van der Waals surface area (Å²) in [5, 5.41) is 10.9. The van der Waals surface area contributed by atoms with E-state index >= 15 is 0 Å². The predicted octanol–water partition coefficient (Wildman–Crippen LogP) is 2.00. The average molecular weight is 258 g/mol. The Hall–Kier alpha value is -1.94. The molecule has 0 radical (unpaired) electrons. The normalized spacial score (nSPS) is 14.3. The number of aliphatic hydroxyl groups is 1. The van der Waals surface area contributed by atoms with Crippen LogP contribution in [0.5, 0.6) is 0 Å². The van der Waals surface area contributed by atoms with Crippen LogP contribution < -0.4 is 0 Å². The molecule has 0 aliphatic heterocycles. The highest BCUT2D eigenvalue weighted by Crippen LogP contribution is 2.27. The van der Waals surface area contributed by atoms with E-state index in [1.165, 1.54) is 0 Å². The zero-order chi connectivity index (χ0) is 13.9. The largest absolute Gasteiger partial charge is 0.375 e. The van der Waals surface area contributed by atoms with Crippen molar-refractivity contribution in [3.63, 3.8) is 0 Å². The van der Waals surface area contributed by atoms with Gasteiger partial charge in [-0.25, -0.2) is 4.98 Å². The van der Waals surface area contributed by atoms with E-state index in [0.717, 1.165) is 0 Å². The van der Waals surface area contributed by atoms with Crippen molar-refractivity contribution in [3.8, 4) is 0 Å². The number of rotatable bonds is 5. The topological polar surface area (TPSA) is 55.1 Å². The molecule has 4 nitrogen and oxygen atoms in total. The van der Waals surface area contributed by atoms with E-state index < -0.39 is 5.60 Å². The lowest BCUT2D eigenvalue weighted by Gasteiger charge is -2.29. The van der Waals surface area contributed by atoms with E-state index in [2.05, 4.69) is 4.98 Å². The summed E-state index contributed by atoms with van der Waals surface area (Å²) < 4.78 is 1.72. The number of aromatic nitrogens is 2. The number of Topliss-reactive ketones (excluding diaryl/α,β-unsaturated/α-hetero) is 1. The molecule has 0 bridgehead atoms. The minimum atomic E-state index is -1.52. The van der Waals surface area contributed by atoms with Gasteiger partial charge in [-0.15, -0.1) is 0 Å². The fourth-order valence-electron chi connectivity index (χ4n) is 2.15. The zero-order valence-corrected chi connectivity index (χ0v) is 11.2. The summed E-state index contributed by atoms with van der Waals surface area (Å²) in [6.45, 7) is 3.77. The van der Waals surface area contributed by atoms with E-state index in [0.29, 0.717) is 5.56 Å². The van der Waals surface area contributed by atoms with E-state index in [1.54, 1.807) is 49.3 Å². The molecule has 1 atom stereocenters. The van der Waals surface area contributed by atoms with Gasteiger partial charge in [0.1, 0.15) is 0 Å². The second-order valence-electron chi connectivity index (χ2n) is 4.98. The molecule has 19 heavy (non-hydrogen) atoms. The number of ketones is 1. The van der Waals surface area contributed by atoms with Crippen LogP contribution in [0.2, 0.25) is 0 Å². The molecule has 0 spiro atoms. The first-order chi connectivity index (χ1) is 9.04. The maximum absolute atomic E-state index is 12.4. The highest BCUT2D eigenvalue weighted by molar-refractivity contribution is 5.89. The van der Waals surface area contributed by atoms with E-state index in [4.69, 9.17) is 0 Å². The molecule has 0 aliphatic carbocycles. The van der Waals surface area contributed by atoms with Crippen molar-refractivity contribution < 1.29 is 9.90 Å². The Morgan fingerprint density at radius 1 is 1.37 bits per heavy atom. The van der Waals surface area contributed by atoms with Gasteiger partial charge in [0.05, 0.1) is 12.9 Å². The van der Waals surface area contributed by atoms with E-state index in [9.17, 15) is 9.90 Å². The Morgan fingerprint density at radius 2 is 2.05 bits per heavy atom. The second-order valence-corrected chi connectivity index (χ2v) is 4.98. The molecule has 100 valence electrons. The third-order valence-corrected chi connectivity index (χ3v) is 3.15. The van der Waals surface area contributed by atoms with Crippen molar-refractivity contribution in [1.29, 1.82) is 0 Å². The standard InChI is InChI=1S/C15H18N2O2/c1-12(2)14(18)15(19,10-17-9-8-16-11-17)13-6-4-3-5-7-13/h3-9,11-12,19H,10H2,1-2H3. The van der Waals surface area contributed by atoms with Gasteiger partial charge in [0, 0.05) is 18.3 Å². The highest BCUT2D eigenvalue weighted by Gasteiger charge is 2.39. The van der Waals surface area contributed by atoms with E-state index in [1.807, 2.05) is 18.2 Å². The van der Waals surface area contributed by atoms with Crippen LogP contribution in [0.25, 0.3) is 0 Å². The van der Waals surface area contributed by atoms with Gasteiger partial charge in [-0.05, 0) is 5.56 Å². The molecule has 1 aromatic heterocycles. The summed E-state index contributed by atoms with van der Waals surface area (Å²) in [5.41, 5.74) is -0.904. The van der Waals surface area contributed by atoms with Gasteiger partial charge in [-0.2, -0.15) is 0 Å². The smallest absolute Gasteiger partial charge is 0.173 e. The van der Waals surface area contributed by atoms with Gasteiger partial charge >= 0.3 is 0 Å². The number of benzene rings is 1. The average Bonchev–Trinajstić information content (AvgIpc) is 2.91. The Morgan fingerprint density at radius 3 is 2.58 bits per heavy atom. The monoisotopic (exact) mass is 258 g/mol. The van der Waals surface area contributed by atoms with Gasteiger partial charge in [0.25, 0.3) is 0 Å². The third kappa shape index (κ3) is 2.74. The number of hydrogen-bond acceptors (Lipinski definition) is 3. The lowest BCUT2D eigenvalue weighted by Crippen LogP contribution is -2.42. The molecule has 1 N–H and O–H groups in total. The van der Waals surface area contributed by atoms with Crippen LogP contribution in [-0.4, -0.2) is 20.4 Å². The molecule has 1 unspecified atom stereocenters. The number of carbonyl (C=O) groups excluding carboxylic acids is 1. The summed E-state index contributed by atoms with van der Waals surface area (Å²) in [5.74, 6) is -0.430. The zero-order valence-electron chi connectivity index (χ0n) is 11.2. The first-order valence-corrected chi connectivity index (χ1v) is 6.32. The van der Waals surface area contributed by atoms with Gasteiger partial charge in [-0.3, -0.25) is 4.79 Å². The van der Waals surface area contributed by atoms with Crippen molar-refractivity contribution in [2.75, 3.05) is 0 Å². The maximum atomic E-state index is 12.4. The molecule has 1 aromatic carbocycles. The Kier molecular flexibility index (Phi) is 3.81.